The summed E-state index contributed by atoms with van der Waals surface area (Å²) in [6.45, 7) is 1.06. The lowest BCUT2D eigenvalue weighted by Gasteiger charge is -2.39. The molecule has 0 radical (unpaired) electrons. The summed E-state index contributed by atoms with van der Waals surface area (Å²) < 4.78 is 6.32. The lowest BCUT2D eigenvalue weighted by molar-refractivity contribution is -0.0441. The first-order valence-corrected chi connectivity index (χ1v) is 8.66. The van der Waals surface area contributed by atoms with Crippen LogP contribution in [0.3, 0.4) is 0 Å². The monoisotopic (exact) mass is 347 g/mol. The van der Waals surface area contributed by atoms with Crippen LogP contribution in [0, 0.1) is 0 Å². The Labute approximate surface area is 142 Å². The first-order chi connectivity index (χ1) is 11.1. The van der Waals surface area contributed by atoms with Gasteiger partial charge in [0, 0.05) is 12.1 Å². The number of fused-ring (bicyclic) bond motifs is 2. The number of thiophene rings is 1. The van der Waals surface area contributed by atoms with Gasteiger partial charge in [-0.05, 0) is 31.0 Å². The Bertz CT molecular complexity index is 803. The van der Waals surface area contributed by atoms with Crippen LogP contribution in [0.2, 0.25) is 4.34 Å². The molecule has 0 saturated carbocycles. The van der Waals surface area contributed by atoms with Gasteiger partial charge in [0.2, 0.25) is 0 Å². The number of hydrogen-bond acceptors (Lipinski definition) is 4. The minimum absolute atomic E-state index is 0.0543. The van der Waals surface area contributed by atoms with Gasteiger partial charge in [-0.1, -0.05) is 29.8 Å². The summed E-state index contributed by atoms with van der Waals surface area (Å²) in [6, 6.07) is 10.9. The maximum atomic E-state index is 12.7. The number of esters is 1. The van der Waals surface area contributed by atoms with E-state index in [1.807, 2.05) is 18.2 Å². The van der Waals surface area contributed by atoms with Crippen molar-refractivity contribution in [3.8, 4) is 0 Å². The van der Waals surface area contributed by atoms with Gasteiger partial charge >= 0.3 is 5.97 Å². The zero-order valence-corrected chi connectivity index (χ0v) is 13.8. The van der Waals surface area contributed by atoms with E-state index >= 15 is 0 Å². The molecule has 2 aliphatic heterocycles. The lowest BCUT2D eigenvalue weighted by atomic mass is 9.85. The van der Waals surface area contributed by atoms with Gasteiger partial charge in [0.1, 0.15) is 0 Å². The summed E-state index contributed by atoms with van der Waals surface area (Å²) in [7, 11) is 0. The third kappa shape index (κ3) is 2.35. The van der Waals surface area contributed by atoms with Crippen LogP contribution in [-0.2, 0) is 10.3 Å². The van der Waals surface area contributed by atoms with Crippen molar-refractivity contribution < 1.29 is 14.3 Å². The normalized spacial score (nSPS) is 23.0. The lowest BCUT2D eigenvalue weighted by Crippen LogP contribution is -2.48. The molecule has 23 heavy (non-hydrogen) atoms. The Morgan fingerprint density at radius 2 is 2.09 bits per heavy atom. The fourth-order valence-corrected chi connectivity index (χ4v) is 4.44. The Morgan fingerprint density at radius 3 is 2.87 bits per heavy atom. The molecule has 1 amide bonds. The molecule has 4 nitrogen and oxygen atoms in total. The largest absolute Gasteiger partial charge is 0.449 e. The second-order valence-electron chi connectivity index (χ2n) is 5.86. The van der Waals surface area contributed by atoms with Crippen molar-refractivity contribution in [3.05, 3.63) is 56.7 Å². The van der Waals surface area contributed by atoms with E-state index in [9.17, 15) is 9.59 Å². The number of hydrogen-bond donors (Lipinski definition) is 0. The van der Waals surface area contributed by atoms with E-state index in [2.05, 4.69) is 0 Å². The predicted molar refractivity (Wildman–Crippen MR) is 88.0 cm³/mol. The number of ether oxygens (including phenoxy) is 1. The summed E-state index contributed by atoms with van der Waals surface area (Å²) >= 11 is 7.20. The van der Waals surface area contributed by atoms with Crippen molar-refractivity contribution >= 4 is 34.8 Å². The second-order valence-corrected chi connectivity index (χ2v) is 7.58. The molecule has 1 spiro atoms. The zero-order chi connectivity index (χ0) is 16.0. The number of carbonyl (C=O) groups excluding carboxylic acids is 2. The molecule has 2 aliphatic rings. The van der Waals surface area contributed by atoms with Crippen molar-refractivity contribution in [1.29, 1.82) is 0 Å². The van der Waals surface area contributed by atoms with Crippen LogP contribution in [-0.4, -0.2) is 29.9 Å². The smallest absolute Gasteiger partial charge is 0.339 e. The number of likely N-dealkylation sites (tertiary alicyclic amines) is 1. The summed E-state index contributed by atoms with van der Waals surface area (Å²) in [4.78, 5) is 27.2. The summed E-state index contributed by atoms with van der Waals surface area (Å²) in [5.74, 6) is -0.351. The number of benzene rings is 1. The van der Waals surface area contributed by atoms with Crippen LogP contribution in [0.4, 0.5) is 0 Å². The molecule has 4 rings (SSSR count). The highest BCUT2D eigenvalue weighted by Gasteiger charge is 2.48. The molecule has 118 valence electrons. The quantitative estimate of drug-likeness (QED) is 0.739. The first-order valence-electron chi connectivity index (χ1n) is 7.46. The molecule has 0 aliphatic carbocycles. The summed E-state index contributed by atoms with van der Waals surface area (Å²) in [5.41, 5.74) is 0.801. The van der Waals surface area contributed by atoms with E-state index in [0.717, 1.165) is 18.4 Å². The van der Waals surface area contributed by atoms with E-state index in [1.165, 1.54) is 11.3 Å². The molecule has 6 heteroatoms. The van der Waals surface area contributed by atoms with E-state index in [0.29, 0.717) is 27.9 Å². The molecule has 1 fully saturated rings. The van der Waals surface area contributed by atoms with Crippen LogP contribution in [0.5, 0.6) is 0 Å². The third-order valence-corrected chi connectivity index (χ3v) is 5.67. The van der Waals surface area contributed by atoms with Crippen LogP contribution >= 0.6 is 22.9 Å². The average molecular weight is 348 g/mol. The van der Waals surface area contributed by atoms with E-state index in [1.54, 1.807) is 23.1 Å². The van der Waals surface area contributed by atoms with Crippen LogP contribution in [0.1, 0.15) is 38.4 Å². The molecular formula is C17H14ClNO3S. The minimum Gasteiger partial charge on any atom is -0.449 e. The fourth-order valence-electron chi connectivity index (χ4n) is 3.43. The zero-order valence-electron chi connectivity index (χ0n) is 12.3. The van der Waals surface area contributed by atoms with Gasteiger partial charge in [-0.15, -0.1) is 11.3 Å². The topological polar surface area (TPSA) is 46.6 Å². The maximum absolute atomic E-state index is 12.7. The van der Waals surface area contributed by atoms with Crippen molar-refractivity contribution in [2.75, 3.05) is 13.1 Å². The van der Waals surface area contributed by atoms with Crippen LogP contribution < -0.4 is 0 Å². The molecule has 0 N–H and O–H groups in total. The molecule has 1 saturated heterocycles. The van der Waals surface area contributed by atoms with Crippen molar-refractivity contribution in [1.82, 2.24) is 4.90 Å². The van der Waals surface area contributed by atoms with E-state index < -0.39 is 5.60 Å². The van der Waals surface area contributed by atoms with Crippen molar-refractivity contribution in [2.45, 2.75) is 18.4 Å². The van der Waals surface area contributed by atoms with Gasteiger partial charge in [-0.25, -0.2) is 4.79 Å². The Kier molecular flexibility index (Phi) is 3.43. The summed E-state index contributed by atoms with van der Waals surface area (Å²) in [6.07, 6.45) is 1.54. The highest BCUT2D eigenvalue weighted by atomic mass is 35.5. The minimum atomic E-state index is -0.706. The number of piperidine rings is 1. The number of amides is 1. The number of nitrogens with zero attached hydrogens (tertiary/aromatic N) is 1. The van der Waals surface area contributed by atoms with Crippen LogP contribution in [0.15, 0.2) is 36.4 Å². The van der Waals surface area contributed by atoms with Crippen molar-refractivity contribution in [2.24, 2.45) is 0 Å². The molecular weight excluding hydrogens is 334 g/mol. The second kappa shape index (κ2) is 5.35. The first kappa shape index (κ1) is 14.7. The molecule has 0 unspecified atom stereocenters. The molecule has 1 atom stereocenters. The van der Waals surface area contributed by atoms with Gasteiger partial charge in [-0.3, -0.25) is 4.79 Å². The highest BCUT2D eigenvalue weighted by Crippen LogP contribution is 2.43. The maximum Gasteiger partial charge on any atom is 0.339 e. The van der Waals surface area contributed by atoms with Gasteiger partial charge < -0.3 is 9.64 Å². The SMILES string of the molecule is O=C1O[C@@]2(CCCN(C(=O)c3ccc(Cl)s3)C2)c2ccccc21. The van der Waals surface area contributed by atoms with Gasteiger partial charge in [0.25, 0.3) is 5.91 Å². The summed E-state index contributed by atoms with van der Waals surface area (Å²) in [5, 5.41) is 0. The third-order valence-electron chi connectivity index (χ3n) is 4.45. The van der Waals surface area contributed by atoms with Gasteiger partial charge in [-0.2, -0.15) is 0 Å². The molecule has 2 aromatic rings. The Morgan fingerprint density at radius 1 is 1.26 bits per heavy atom. The van der Waals surface area contributed by atoms with Crippen molar-refractivity contribution in [3.63, 3.8) is 0 Å². The van der Waals surface area contributed by atoms with Gasteiger partial charge in [0.15, 0.2) is 5.60 Å². The molecule has 1 aromatic carbocycles. The highest BCUT2D eigenvalue weighted by molar-refractivity contribution is 7.17. The molecule has 0 bridgehead atoms. The van der Waals surface area contributed by atoms with E-state index in [-0.39, 0.29) is 11.9 Å². The average Bonchev–Trinajstić information content (AvgIpc) is 3.10. The standard InChI is InChI=1S/C17H14ClNO3S/c18-14-7-6-13(23-14)15(20)19-9-3-8-17(10-19)12-5-2-1-4-11(12)16(21)22-17/h1-2,4-7H,3,8-10H2/t17-/m1/s1. The Hall–Kier alpha value is -1.85. The fraction of sp³-hybridized carbons (Fsp3) is 0.294. The number of halogens is 1. The molecule has 3 heterocycles. The number of carbonyl (C=O) groups is 2. The number of rotatable bonds is 1. The van der Waals surface area contributed by atoms with E-state index in [4.69, 9.17) is 16.3 Å². The predicted octanol–water partition coefficient (Wildman–Crippen LogP) is 3.70. The van der Waals surface area contributed by atoms with Gasteiger partial charge in [0.05, 0.1) is 21.3 Å². The Balaban J connectivity index is 1.66. The van der Waals surface area contributed by atoms with Crippen LogP contribution in [0.25, 0.3) is 0 Å². The molecule has 1 aromatic heterocycles.